The first-order valence-electron chi connectivity index (χ1n) is 6.02. The van der Waals surface area contributed by atoms with Gasteiger partial charge in [-0.15, -0.1) is 0 Å². The van der Waals surface area contributed by atoms with Crippen molar-refractivity contribution >= 4 is 0 Å². The molecule has 0 saturated heterocycles. The van der Waals surface area contributed by atoms with Crippen LogP contribution in [-0.4, -0.2) is 37.9 Å². The molecule has 1 N–H and O–H groups in total. The summed E-state index contributed by atoms with van der Waals surface area (Å²) < 4.78 is 10.6. The molecule has 0 saturated carbocycles. The minimum absolute atomic E-state index is 0.187. The SMILES string of the molecule is COCCNCCc1cncc(OC(C)C)c1. The van der Waals surface area contributed by atoms with Crippen LogP contribution in [0.4, 0.5) is 0 Å². The third-order valence-electron chi connectivity index (χ3n) is 2.21. The average molecular weight is 238 g/mol. The molecule has 4 nitrogen and oxygen atoms in total. The largest absolute Gasteiger partial charge is 0.489 e. The highest BCUT2D eigenvalue weighted by atomic mass is 16.5. The Labute approximate surface area is 103 Å². The molecular formula is C13H22N2O2. The highest BCUT2D eigenvalue weighted by Gasteiger charge is 2.00. The van der Waals surface area contributed by atoms with Gasteiger partial charge in [-0.2, -0.15) is 0 Å². The summed E-state index contributed by atoms with van der Waals surface area (Å²) >= 11 is 0. The van der Waals surface area contributed by atoms with Crippen LogP contribution in [0.2, 0.25) is 0 Å². The molecule has 4 heteroatoms. The molecule has 0 unspecified atom stereocenters. The summed E-state index contributed by atoms with van der Waals surface area (Å²) in [5.74, 6) is 0.842. The van der Waals surface area contributed by atoms with Crippen molar-refractivity contribution in [3.05, 3.63) is 24.0 Å². The molecule has 1 heterocycles. The van der Waals surface area contributed by atoms with Crippen molar-refractivity contribution in [2.45, 2.75) is 26.4 Å². The molecule has 0 bridgehead atoms. The van der Waals surface area contributed by atoms with Crippen LogP contribution in [0.25, 0.3) is 0 Å². The molecule has 0 atom stereocenters. The molecule has 0 amide bonds. The Morgan fingerprint density at radius 2 is 2.12 bits per heavy atom. The summed E-state index contributed by atoms with van der Waals surface area (Å²) in [5.41, 5.74) is 1.19. The lowest BCUT2D eigenvalue weighted by Crippen LogP contribution is -2.21. The zero-order valence-corrected chi connectivity index (χ0v) is 10.9. The second-order valence-electron chi connectivity index (χ2n) is 4.19. The van der Waals surface area contributed by atoms with Crippen molar-refractivity contribution in [3.8, 4) is 5.75 Å². The third-order valence-corrected chi connectivity index (χ3v) is 2.21. The third kappa shape index (κ3) is 6.24. The Kier molecular flexibility index (Phi) is 6.58. The van der Waals surface area contributed by atoms with Gasteiger partial charge in [-0.05, 0) is 38.4 Å². The maximum Gasteiger partial charge on any atom is 0.138 e. The van der Waals surface area contributed by atoms with Gasteiger partial charge in [0.05, 0.1) is 18.9 Å². The number of nitrogens with zero attached hydrogens (tertiary/aromatic N) is 1. The van der Waals surface area contributed by atoms with Crippen molar-refractivity contribution in [1.82, 2.24) is 10.3 Å². The number of hydrogen-bond acceptors (Lipinski definition) is 4. The van der Waals surface area contributed by atoms with Gasteiger partial charge in [-0.1, -0.05) is 0 Å². The highest BCUT2D eigenvalue weighted by molar-refractivity contribution is 5.23. The summed E-state index contributed by atoms with van der Waals surface area (Å²) in [7, 11) is 1.71. The van der Waals surface area contributed by atoms with Crippen molar-refractivity contribution < 1.29 is 9.47 Å². The first-order chi connectivity index (χ1) is 8.22. The zero-order chi connectivity index (χ0) is 12.5. The molecule has 0 spiro atoms. The maximum atomic E-state index is 5.60. The summed E-state index contributed by atoms with van der Waals surface area (Å²) in [5, 5.41) is 3.30. The molecule has 0 radical (unpaired) electrons. The molecule has 0 aliphatic heterocycles. The first kappa shape index (κ1) is 13.9. The van der Waals surface area contributed by atoms with Gasteiger partial charge in [0.2, 0.25) is 0 Å². The van der Waals surface area contributed by atoms with E-state index in [1.165, 1.54) is 5.56 Å². The van der Waals surface area contributed by atoms with E-state index < -0.39 is 0 Å². The number of pyridine rings is 1. The molecule has 0 aliphatic rings. The minimum Gasteiger partial charge on any atom is -0.489 e. The van der Waals surface area contributed by atoms with E-state index in [0.717, 1.165) is 31.9 Å². The van der Waals surface area contributed by atoms with Crippen LogP contribution in [0.5, 0.6) is 5.75 Å². The Bertz CT molecular complexity index is 316. The van der Waals surface area contributed by atoms with Crippen LogP contribution in [-0.2, 0) is 11.2 Å². The standard InChI is InChI=1S/C13H22N2O2/c1-11(2)17-13-8-12(9-15-10-13)4-5-14-6-7-16-3/h8-11,14H,4-7H2,1-3H3. The second kappa shape index (κ2) is 8.03. The lowest BCUT2D eigenvalue weighted by molar-refractivity contribution is 0.199. The Hall–Kier alpha value is -1.13. The van der Waals surface area contributed by atoms with E-state index in [2.05, 4.69) is 10.3 Å². The fourth-order valence-electron chi connectivity index (χ4n) is 1.47. The second-order valence-corrected chi connectivity index (χ2v) is 4.19. The molecule has 0 fully saturated rings. The van der Waals surface area contributed by atoms with E-state index in [4.69, 9.17) is 9.47 Å². The number of nitrogens with one attached hydrogen (secondary N) is 1. The Morgan fingerprint density at radius 1 is 1.29 bits per heavy atom. The van der Waals surface area contributed by atoms with Gasteiger partial charge in [-0.25, -0.2) is 0 Å². The van der Waals surface area contributed by atoms with Crippen molar-refractivity contribution in [1.29, 1.82) is 0 Å². The van der Waals surface area contributed by atoms with Gasteiger partial charge in [0, 0.05) is 19.9 Å². The molecular weight excluding hydrogens is 216 g/mol. The van der Waals surface area contributed by atoms with Crippen LogP contribution >= 0.6 is 0 Å². The monoisotopic (exact) mass is 238 g/mol. The van der Waals surface area contributed by atoms with E-state index in [1.807, 2.05) is 26.1 Å². The molecule has 1 aromatic rings. The fourth-order valence-corrected chi connectivity index (χ4v) is 1.47. The molecule has 1 rings (SSSR count). The van der Waals surface area contributed by atoms with Gasteiger partial charge < -0.3 is 14.8 Å². The van der Waals surface area contributed by atoms with Crippen molar-refractivity contribution in [2.75, 3.05) is 26.8 Å². The predicted molar refractivity (Wildman–Crippen MR) is 68.5 cm³/mol. The molecule has 96 valence electrons. The van der Waals surface area contributed by atoms with Crippen molar-refractivity contribution in [2.24, 2.45) is 0 Å². The lowest BCUT2D eigenvalue weighted by atomic mass is 10.2. The molecule has 0 aromatic carbocycles. The summed E-state index contributed by atoms with van der Waals surface area (Å²) in [6.07, 6.45) is 4.77. The fraction of sp³-hybridized carbons (Fsp3) is 0.615. The van der Waals surface area contributed by atoms with Crippen LogP contribution in [0, 0.1) is 0 Å². The van der Waals surface area contributed by atoms with Gasteiger partial charge in [0.15, 0.2) is 0 Å². The summed E-state index contributed by atoms with van der Waals surface area (Å²) in [6, 6.07) is 2.05. The summed E-state index contributed by atoms with van der Waals surface area (Å²) in [4.78, 5) is 4.18. The molecule has 17 heavy (non-hydrogen) atoms. The molecule has 1 aromatic heterocycles. The van der Waals surface area contributed by atoms with Crippen LogP contribution in [0.15, 0.2) is 18.5 Å². The van der Waals surface area contributed by atoms with Gasteiger partial charge in [0.1, 0.15) is 5.75 Å². The van der Waals surface area contributed by atoms with Crippen LogP contribution in [0.3, 0.4) is 0 Å². The van der Waals surface area contributed by atoms with E-state index in [0.29, 0.717) is 0 Å². The molecule has 0 aliphatic carbocycles. The smallest absolute Gasteiger partial charge is 0.138 e. The van der Waals surface area contributed by atoms with Gasteiger partial charge in [0.25, 0.3) is 0 Å². The van der Waals surface area contributed by atoms with E-state index in [1.54, 1.807) is 13.3 Å². The number of rotatable bonds is 8. The van der Waals surface area contributed by atoms with Gasteiger partial charge >= 0.3 is 0 Å². The Morgan fingerprint density at radius 3 is 2.82 bits per heavy atom. The van der Waals surface area contributed by atoms with Crippen LogP contribution in [0.1, 0.15) is 19.4 Å². The zero-order valence-electron chi connectivity index (χ0n) is 10.9. The van der Waals surface area contributed by atoms with E-state index >= 15 is 0 Å². The van der Waals surface area contributed by atoms with Gasteiger partial charge in [-0.3, -0.25) is 4.98 Å². The number of ether oxygens (including phenoxy) is 2. The predicted octanol–water partition coefficient (Wildman–Crippen LogP) is 1.65. The quantitative estimate of drug-likeness (QED) is 0.699. The average Bonchev–Trinajstić information content (AvgIpc) is 2.28. The van der Waals surface area contributed by atoms with E-state index in [-0.39, 0.29) is 6.10 Å². The minimum atomic E-state index is 0.187. The summed E-state index contributed by atoms with van der Waals surface area (Å²) in [6.45, 7) is 6.58. The number of aromatic nitrogens is 1. The van der Waals surface area contributed by atoms with Crippen molar-refractivity contribution in [3.63, 3.8) is 0 Å². The normalized spacial score (nSPS) is 10.8. The first-order valence-corrected chi connectivity index (χ1v) is 6.02. The number of hydrogen-bond donors (Lipinski definition) is 1. The maximum absolute atomic E-state index is 5.60. The highest BCUT2D eigenvalue weighted by Crippen LogP contribution is 2.12. The van der Waals surface area contributed by atoms with Crippen LogP contribution < -0.4 is 10.1 Å². The van der Waals surface area contributed by atoms with E-state index in [9.17, 15) is 0 Å². The topological polar surface area (TPSA) is 43.4 Å². The lowest BCUT2D eigenvalue weighted by Gasteiger charge is -2.10. The number of methoxy groups -OCH3 is 1. The Balaban J connectivity index is 2.32.